The predicted octanol–water partition coefficient (Wildman–Crippen LogP) is 7.57. The summed E-state index contributed by atoms with van der Waals surface area (Å²) in [6.07, 6.45) is 3.25. The van der Waals surface area contributed by atoms with Crippen molar-refractivity contribution >= 4 is 57.9 Å². The van der Waals surface area contributed by atoms with Crippen molar-refractivity contribution in [1.82, 2.24) is 20.2 Å². The minimum absolute atomic E-state index is 0.0714. The summed E-state index contributed by atoms with van der Waals surface area (Å²) in [5.74, 6) is 1.50. The lowest BCUT2D eigenvalue weighted by Gasteiger charge is -2.05. The molecule has 9 nitrogen and oxygen atoms in total. The predicted molar refractivity (Wildman–Crippen MR) is 172 cm³/mol. The van der Waals surface area contributed by atoms with Crippen molar-refractivity contribution < 1.29 is 18.7 Å². The Hall–Kier alpha value is -5.19. The molecule has 0 saturated carbocycles. The number of H-pyrrole nitrogens is 1. The van der Waals surface area contributed by atoms with E-state index in [-0.39, 0.29) is 22.7 Å². The Balaban J connectivity index is 1.00. The molecule has 0 unspecified atom stereocenters. The molecule has 2 N–H and O–H groups in total. The molecule has 0 spiro atoms. The summed E-state index contributed by atoms with van der Waals surface area (Å²) in [5, 5.41) is 11.9. The van der Waals surface area contributed by atoms with Crippen LogP contribution in [0.15, 0.2) is 107 Å². The molecule has 218 valence electrons. The Morgan fingerprint density at radius 1 is 0.955 bits per heavy atom. The topological polar surface area (TPSA) is 123 Å². The molecule has 0 saturated heterocycles. The van der Waals surface area contributed by atoms with Crippen LogP contribution < -0.4 is 10.1 Å². The summed E-state index contributed by atoms with van der Waals surface area (Å²) >= 11 is 7.21. The Morgan fingerprint density at radius 3 is 2.45 bits per heavy atom. The molecule has 0 aliphatic rings. The Morgan fingerprint density at radius 2 is 1.70 bits per heavy atom. The van der Waals surface area contributed by atoms with Crippen LogP contribution in [0.3, 0.4) is 0 Å². The second-order valence-electron chi connectivity index (χ2n) is 9.58. The molecule has 6 rings (SSSR count). The van der Waals surface area contributed by atoms with Gasteiger partial charge in [-0.1, -0.05) is 53.7 Å². The van der Waals surface area contributed by atoms with Gasteiger partial charge in [0.15, 0.2) is 5.78 Å². The first kappa shape index (κ1) is 28.9. The van der Waals surface area contributed by atoms with E-state index < -0.39 is 0 Å². The zero-order chi connectivity index (χ0) is 30.5. The van der Waals surface area contributed by atoms with Gasteiger partial charge in [-0.3, -0.25) is 9.59 Å². The lowest BCUT2D eigenvalue weighted by atomic mass is 10.1. The van der Waals surface area contributed by atoms with Gasteiger partial charge in [0.25, 0.3) is 5.22 Å². The van der Waals surface area contributed by atoms with Crippen LogP contribution >= 0.6 is 23.4 Å². The van der Waals surface area contributed by atoms with Crippen LogP contribution in [0.25, 0.3) is 40.0 Å². The van der Waals surface area contributed by atoms with Gasteiger partial charge in [-0.05, 0) is 78.4 Å². The number of carbonyl (C=O) groups excluding carboxylic acids is 2. The fourth-order valence-electron chi connectivity index (χ4n) is 4.30. The summed E-state index contributed by atoms with van der Waals surface area (Å²) in [5.41, 5.74) is 5.30. The van der Waals surface area contributed by atoms with Gasteiger partial charge in [0.1, 0.15) is 11.6 Å². The molecule has 6 aromatic rings. The fraction of sp³-hybridized carbons (Fsp3) is 0.0606. The van der Waals surface area contributed by atoms with E-state index in [1.165, 1.54) is 6.08 Å². The number of rotatable bonds is 10. The van der Waals surface area contributed by atoms with Crippen LogP contribution in [-0.2, 0) is 4.79 Å². The molecule has 2 aromatic heterocycles. The number of ketones is 1. The van der Waals surface area contributed by atoms with Gasteiger partial charge in [0, 0.05) is 27.4 Å². The molecule has 1 amide bonds. The maximum atomic E-state index is 12.5. The highest BCUT2D eigenvalue weighted by Gasteiger charge is 2.13. The molecular weight excluding hydrogens is 598 g/mol. The third-order valence-electron chi connectivity index (χ3n) is 6.58. The zero-order valence-electron chi connectivity index (χ0n) is 23.3. The second kappa shape index (κ2) is 13.0. The van der Waals surface area contributed by atoms with E-state index in [1.54, 1.807) is 43.5 Å². The summed E-state index contributed by atoms with van der Waals surface area (Å²) in [7, 11) is 1.60. The third kappa shape index (κ3) is 6.88. The number of aromatic amines is 1. The molecule has 11 heteroatoms. The summed E-state index contributed by atoms with van der Waals surface area (Å²) < 4.78 is 10.9. The third-order valence-corrected chi connectivity index (χ3v) is 7.63. The fourth-order valence-corrected chi connectivity index (χ4v) is 5.03. The number of nitrogens with one attached hydrogen (secondary N) is 2. The number of imidazole rings is 1. The lowest BCUT2D eigenvalue weighted by molar-refractivity contribution is -0.113. The van der Waals surface area contributed by atoms with Crippen molar-refractivity contribution in [2.45, 2.75) is 5.22 Å². The van der Waals surface area contributed by atoms with Crippen molar-refractivity contribution in [1.29, 1.82) is 0 Å². The number of halogens is 1. The van der Waals surface area contributed by atoms with Crippen molar-refractivity contribution in [3.63, 3.8) is 0 Å². The van der Waals surface area contributed by atoms with Crippen molar-refractivity contribution in [3.05, 3.63) is 113 Å². The van der Waals surface area contributed by atoms with Gasteiger partial charge in [-0.15, -0.1) is 10.2 Å². The smallest absolute Gasteiger partial charge is 0.277 e. The van der Waals surface area contributed by atoms with E-state index in [9.17, 15) is 9.59 Å². The van der Waals surface area contributed by atoms with Crippen LogP contribution in [0.5, 0.6) is 5.75 Å². The first-order valence-corrected chi connectivity index (χ1v) is 14.8. The van der Waals surface area contributed by atoms with Crippen LogP contribution in [0.4, 0.5) is 5.69 Å². The average molecular weight is 622 g/mol. The number of methoxy groups -OCH3 is 1. The number of hydrogen-bond donors (Lipinski definition) is 2. The van der Waals surface area contributed by atoms with Crippen molar-refractivity contribution in [2.24, 2.45) is 0 Å². The molecule has 0 fully saturated rings. The number of hydrogen-bond acceptors (Lipinski definition) is 8. The van der Waals surface area contributed by atoms with Crippen molar-refractivity contribution in [2.75, 3.05) is 18.2 Å². The normalized spacial score (nSPS) is 11.2. The van der Waals surface area contributed by atoms with Gasteiger partial charge >= 0.3 is 0 Å². The lowest BCUT2D eigenvalue weighted by Crippen LogP contribution is -2.14. The number of allylic oxidation sites excluding steroid dienone is 1. The number of ether oxygens (including phenoxy) is 1. The first-order valence-electron chi connectivity index (χ1n) is 13.4. The Labute approximate surface area is 261 Å². The molecule has 0 aliphatic carbocycles. The van der Waals surface area contributed by atoms with E-state index in [4.69, 9.17) is 20.8 Å². The van der Waals surface area contributed by atoms with Gasteiger partial charge in [0.05, 0.1) is 23.9 Å². The number of anilines is 1. The molecule has 0 aliphatic heterocycles. The number of benzene rings is 4. The molecule has 0 atom stereocenters. The molecule has 44 heavy (non-hydrogen) atoms. The highest BCUT2D eigenvalue weighted by atomic mass is 35.5. The van der Waals surface area contributed by atoms with Gasteiger partial charge in [0.2, 0.25) is 11.8 Å². The van der Waals surface area contributed by atoms with Crippen LogP contribution in [-0.4, -0.2) is 44.7 Å². The monoisotopic (exact) mass is 621 g/mol. The highest BCUT2D eigenvalue weighted by molar-refractivity contribution is 7.99. The quantitative estimate of drug-likeness (QED) is 0.0912. The number of nitrogens with zero attached hydrogens (tertiary/aromatic N) is 3. The Kier molecular flexibility index (Phi) is 8.53. The maximum Gasteiger partial charge on any atom is 0.277 e. The second-order valence-corrected chi connectivity index (χ2v) is 10.9. The number of thioether (sulfide) groups is 1. The highest BCUT2D eigenvalue weighted by Crippen LogP contribution is 2.27. The summed E-state index contributed by atoms with van der Waals surface area (Å²) in [4.78, 5) is 32.9. The van der Waals surface area contributed by atoms with Gasteiger partial charge < -0.3 is 19.5 Å². The van der Waals surface area contributed by atoms with Crippen molar-refractivity contribution in [3.8, 4) is 28.6 Å². The number of fused-ring (bicyclic) bond motifs is 1. The standard InChI is InChI=1S/C33H24ClN5O4S/c1-42-26-14-2-20(3-15-26)4-17-29(40)21-9-12-25(13-10-21)35-30(41)19-44-33-39-38-32(43-33)23-7-5-22(6-8-23)31-36-27-16-11-24(34)18-28(27)37-31/h2-18H,19H2,1H3,(H,35,41)(H,36,37)/b17-4+. The van der Waals surface area contributed by atoms with E-state index in [0.717, 1.165) is 51.1 Å². The largest absolute Gasteiger partial charge is 0.497 e. The van der Waals surface area contributed by atoms with Crippen LogP contribution in [0, 0.1) is 0 Å². The molecule has 2 heterocycles. The number of amides is 1. The SMILES string of the molecule is COc1ccc(/C=C/C(=O)c2ccc(NC(=O)CSc3nnc(-c4ccc(-c5nc6ccc(Cl)cc6[nH]5)cc4)o3)cc2)cc1. The average Bonchev–Trinajstić information content (AvgIpc) is 3.71. The molecule has 0 bridgehead atoms. The maximum absolute atomic E-state index is 12.5. The van der Waals surface area contributed by atoms with E-state index in [1.807, 2.05) is 60.7 Å². The summed E-state index contributed by atoms with van der Waals surface area (Å²) in [6, 6.07) is 27.2. The van der Waals surface area contributed by atoms with E-state index >= 15 is 0 Å². The number of aromatic nitrogens is 4. The summed E-state index contributed by atoms with van der Waals surface area (Å²) in [6.45, 7) is 0. The van der Waals surface area contributed by atoms with Crippen LogP contribution in [0.2, 0.25) is 5.02 Å². The minimum atomic E-state index is -0.246. The van der Waals surface area contributed by atoms with E-state index in [0.29, 0.717) is 22.2 Å². The Bertz CT molecular complexity index is 1970. The van der Waals surface area contributed by atoms with E-state index in [2.05, 4.69) is 25.5 Å². The van der Waals surface area contributed by atoms with Gasteiger partial charge in [-0.2, -0.15) is 0 Å². The molecule has 4 aromatic carbocycles. The van der Waals surface area contributed by atoms with Gasteiger partial charge in [-0.25, -0.2) is 4.98 Å². The minimum Gasteiger partial charge on any atom is -0.497 e. The zero-order valence-corrected chi connectivity index (χ0v) is 24.9. The number of carbonyl (C=O) groups is 2. The molecular formula is C33H24ClN5O4S. The molecule has 0 radical (unpaired) electrons. The van der Waals surface area contributed by atoms with Crippen LogP contribution in [0.1, 0.15) is 15.9 Å². The first-order chi connectivity index (χ1) is 21.4.